The summed E-state index contributed by atoms with van der Waals surface area (Å²) < 4.78 is 14.9. The number of para-hydroxylation sites is 2. The lowest BCUT2D eigenvalue weighted by Crippen LogP contribution is -2.03. The van der Waals surface area contributed by atoms with Crippen LogP contribution < -0.4 is 0 Å². The Bertz CT molecular complexity index is 784. The van der Waals surface area contributed by atoms with Gasteiger partial charge in [-0.05, 0) is 24.3 Å². The summed E-state index contributed by atoms with van der Waals surface area (Å²) in [6.45, 7) is 0. The quantitative estimate of drug-likeness (QED) is 0.522. The average molecular weight is 258 g/mol. The zero-order valence-corrected chi connectivity index (χ0v) is 9.52. The Morgan fingerprint density at radius 3 is 2.74 bits per heavy atom. The first-order valence-electron chi connectivity index (χ1n) is 5.42. The van der Waals surface area contributed by atoms with E-state index in [1.54, 1.807) is 24.3 Å². The smallest absolute Gasteiger partial charge is 0.258 e. The largest absolute Gasteiger partial charge is 0.330 e. The first kappa shape index (κ1) is 11.3. The average Bonchev–Trinajstić information content (AvgIpc) is 2.81. The number of rotatable bonds is 2. The summed E-state index contributed by atoms with van der Waals surface area (Å²) in [5, 5.41) is 18.7. The van der Waals surface area contributed by atoms with Crippen molar-refractivity contribution < 1.29 is 9.31 Å². The topological polar surface area (TPSA) is 73.8 Å². The highest BCUT2D eigenvalue weighted by Gasteiger charge is 2.22. The fourth-order valence-corrected chi connectivity index (χ4v) is 1.90. The van der Waals surface area contributed by atoms with Crippen LogP contribution in [0.5, 0.6) is 0 Å². The summed E-state index contributed by atoms with van der Waals surface area (Å²) in [6, 6.07) is 10.8. The predicted molar refractivity (Wildman–Crippen MR) is 65.5 cm³/mol. The van der Waals surface area contributed by atoms with Gasteiger partial charge in [-0.3, -0.25) is 10.1 Å². The maximum Gasteiger partial charge on any atom is 0.330 e. The number of nitrogens with zero attached hydrogens (tertiary/aromatic N) is 4. The van der Waals surface area contributed by atoms with Gasteiger partial charge in [0, 0.05) is 0 Å². The molecule has 2 aromatic carbocycles. The molecule has 1 heterocycles. The second kappa shape index (κ2) is 4.13. The second-order valence-electron chi connectivity index (χ2n) is 3.85. The van der Waals surface area contributed by atoms with Crippen LogP contribution in [0.4, 0.5) is 10.1 Å². The number of fused-ring (bicyclic) bond motifs is 1. The van der Waals surface area contributed by atoms with Crippen LogP contribution in [0.25, 0.3) is 16.7 Å². The molecule has 7 heteroatoms. The Morgan fingerprint density at radius 2 is 1.95 bits per heavy atom. The number of halogens is 1. The number of nitro groups is 1. The summed E-state index contributed by atoms with van der Waals surface area (Å²) >= 11 is 0. The fourth-order valence-electron chi connectivity index (χ4n) is 1.90. The molecule has 0 saturated heterocycles. The summed E-state index contributed by atoms with van der Waals surface area (Å²) in [5.74, 6) is -0.901. The minimum Gasteiger partial charge on any atom is -0.258 e. The highest BCUT2D eigenvalue weighted by atomic mass is 19.1. The van der Waals surface area contributed by atoms with Gasteiger partial charge in [-0.15, -0.1) is 5.10 Å². The van der Waals surface area contributed by atoms with Gasteiger partial charge in [-0.25, -0.2) is 4.68 Å². The van der Waals surface area contributed by atoms with Crippen molar-refractivity contribution in [3.63, 3.8) is 0 Å². The van der Waals surface area contributed by atoms with Gasteiger partial charge in [0.15, 0.2) is 0 Å². The normalized spacial score (nSPS) is 10.8. The van der Waals surface area contributed by atoms with E-state index in [4.69, 9.17) is 0 Å². The van der Waals surface area contributed by atoms with E-state index in [2.05, 4.69) is 10.3 Å². The molecular formula is C12H7FN4O2. The van der Waals surface area contributed by atoms with Gasteiger partial charge < -0.3 is 0 Å². The number of nitro benzene ring substituents is 1. The van der Waals surface area contributed by atoms with Crippen molar-refractivity contribution in [2.45, 2.75) is 0 Å². The molecule has 0 saturated carbocycles. The first-order valence-corrected chi connectivity index (χ1v) is 5.42. The summed E-state index contributed by atoms with van der Waals surface area (Å²) in [7, 11) is 0. The van der Waals surface area contributed by atoms with Crippen LogP contribution in [-0.2, 0) is 0 Å². The van der Waals surface area contributed by atoms with Gasteiger partial charge in [0.25, 0.3) is 0 Å². The van der Waals surface area contributed by atoms with Crippen molar-refractivity contribution in [1.29, 1.82) is 0 Å². The fraction of sp³-hybridized carbons (Fsp3) is 0. The Labute approximate surface area is 106 Å². The van der Waals surface area contributed by atoms with Gasteiger partial charge in [-0.1, -0.05) is 23.4 Å². The van der Waals surface area contributed by atoms with Crippen LogP contribution in [0.1, 0.15) is 0 Å². The van der Waals surface area contributed by atoms with Gasteiger partial charge in [0.05, 0.1) is 10.4 Å². The zero-order valence-electron chi connectivity index (χ0n) is 9.52. The molecule has 0 N–H and O–H groups in total. The van der Waals surface area contributed by atoms with Crippen molar-refractivity contribution in [3.05, 3.63) is 58.4 Å². The molecule has 1 aromatic heterocycles. The van der Waals surface area contributed by atoms with E-state index in [9.17, 15) is 14.5 Å². The van der Waals surface area contributed by atoms with Crippen molar-refractivity contribution in [2.75, 3.05) is 0 Å². The molecule has 19 heavy (non-hydrogen) atoms. The lowest BCUT2D eigenvalue weighted by Gasteiger charge is -2.03. The van der Waals surface area contributed by atoms with Crippen LogP contribution >= 0.6 is 0 Å². The van der Waals surface area contributed by atoms with Crippen LogP contribution in [0.15, 0.2) is 42.5 Å². The molecule has 0 aliphatic carbocycles. The molecule has 0 bridgehead atoms. The van der Waals surface area contributed by atoms with E-state index in [1.165, 1.54) is 16.8 Å². The van der Waals surface area contributed by atoms with Gasteiger partial charge in [-0.2, -0.15) is 4.39 Å². The monoisotopic (exact) mass is 258 g/mol. The predicted octanol–water partition coefficient (Wildman–Crippen LogP) is 2.47. The molecule has 0 fully saturated rings. The van der Waals surface area contributed by atoms with Crippen molar-refractivity contribution in [1.82, 2.24) is 15.0 Å². The number of aromatic nitrogens is 3. The zero-order chi connectivity index (χ0) is 13.4. The SMILES string of the molecule is O=[N+]([O-])c1c(F)cccc1-n1nnc2ccccc21. The lowest BCUT2D eigenvalue weighted by molar-refractivity contribution is -0.387. The number of hydrogen-bond acceptors (Lipinski definition) is 4. The van der Waals surface area contributed by atoms with E-state index < -0.39 is 16.4 Å². The maximum atomic E-state index is 13.6. The third-order valence-corrected chi connectivity index (χ3v) is 2.73. The Kier molecular flexibility index (Phi) is 2.45. The van der Waals surface area contributed by atoms with Crippen LogP contribution in [0.3, 0.4) is 0 Å². The molecule has 0 spiro atoms. The van der Waals surface area contributed by atoms with E-state index in [1.807, 2.05) is 0 Å². The third-order valence-electron chi connectivity index (χ3n) is 2.73. The van der Waals surface area contributed by atoms with Crippen molar-refractivity contribution >= 4 is 16.7 Å². The highest BCUT2D eigenvalue weighted by molar-refractivity contribution is 5.77. The minimum atomic E-state index is -0.901. The summed E-state index contributed by atoms with van der Waals surface area (Å²) in [4.78, 5) is 10.2. The summed E-state index contributed by atoms with van der Waals surface area (Å²) in [6.07, 6.45) is 0. The summed E-state index contributed by atoms with van der Waals surface area (Å²) in [5.41, 5.74) is 0.606. The molecular weight excluding hydrogens is 251 g/mol. The van der Waals surface area contributed by atoms with E-state index in [0.717, 1.165) is 6.07 Å². The van der Waals surface area contributed by atoms with Crippen molar-refractivity contribution in [3.8, 4) is 5.69 Å². The van der Waals surface area contributed by atoms with Crippen LogP contribution in [0.2, 0.25) is 0 Å². The Morgan fingerprint density at radius 1 is 1.16 bits per heavy atom. The van der Waals surface area contributed by atoms with E-state index in [0.29, 0.717) is 11.0 Å². The maximum absolute atomic E-state index is 13.6. The standard InChI is InChI=1S/C12H7FN4O2/c13-8-4-3-7-11(12(8)17(18)19)16-10-6-2-1-5-9(10)14-15-16/h1-7H. The number of hydrogen-bond donors (Lipinski definition) is 0. The molecule has 0 radical (unpaired) electrons. The van der Waals surface area contributed by atoms with E-state index in [-0.39, 0.29) is 5.69 Å². The molecule has 3 aromatic rings. The van der Waals surface area contributed by atoms with Crippen LogP contribution in [-0.4, -0.2) is 19.9 Å². The second-order valence-corrected chi connectivity index (χ2v) is 3.85. The molecule has 6 nitrogen and oxygen atoms in total. The van der Waals surface area contributed by atoms with E-state index >= 15 is 0 Å². The molecule has 0 atom stereocenters. The van der Waals surface area contributed by atoms with Crippen molar-refractivity contribution in [2.24, 2.45) is 0 Å². The highest BCUT2D eigenvalue weighted by Crippen LogP contribution is 2.27. The molecule has 0 amide bonds. The first-order chi connectivity index (χ1) is 9.18. The Balaban J connectivity index is 2.33. The molecule has 94 valence electrons. The number of benzene rings is 2. The Hall–Kier alpha value is -2.83. The minimum absolute atomic E-state index is 0.0544. The van der Waals surface area contributed by atoms with Gasteiger partial charge in [0.1, 0.15) is 11.2 Å². The van der Waals surface area contributed by atoms with Gasteiger partial charge >= 0.3 is 5.69 Å². The lowest BCUT2D eigenvalue weighted by atomic mass is 10.2. The molecule has 0 aliphatic heterocycles. The van der Waals surface area contributed by atoms with Gasteiger partial charge in [0.2, 0.25) is 5.82 Å². The van der Waals surface area contributed by atoms with Crippen LogP contribution in [0, 0.1) is 15.9 Å². The third kappa shape index (κ3) is 1.71. The molecule has 0 unspecified atom stereocenters. The molecule has 3 rings (SSSR count). The molecule has 0 aliphatic rings.